The zero-order valence-corrected chi connectivity index (χ0v) is 16.6. The van der Waals surface area contributed by atoms with Crippen LogP contribution in [-0.2, 0) is 11.3 Å². The van der Waals surface area contributed by atoms with Gasteiger partial charge in [0, 0.05) is 46.8 Å². The molecule has 0 bridgehead atoms. The van der Waals surface area contributed by atoms with Crippen LogP contribution >= 0.6 is 0 Å². The molecule has 0 atom stereocenters. The molecule has 144 valence electrons. The van der Waals surface area contributed by atoms with Crippen LogP contribution in [0.25, 0.3) is 0 Å². The second-order valence-corrected chi connectivity index (χ2v) is 7.45. The first kappa shape index (κ1) is 20.2. The predicted octanol–water partition coefficient (Wildman–Crippen LogP) is 1.49. The monoisotopic (exact) mass is 359 g/mol. The van der Waals surface area contributed by atoms with Crippen LogP contribution in [0, 0.1) is 5.92 Å². The third kappa shape index (κ3) is 6.67. The standard InChI is InChI=1S/C20H33N5O/c1-17(2)16-24-10-12-25(13-11-24)20(22-15-19(26)23(3)4)21-14-18-8-6-5-7-9-18/h5-9,17H,10-16H2,1-4H3,(H,21,22). The fourth-order valence-corrected chi connectivity index (χ4v) is 2.99. The lowest BCUT2D eigenvalue weighted by Gasteiger charge is -2.37. The molecule has 1 aliphatic heterocycles. The molecule has 1 aromatic carbocycles. The molecule has 1 saturated heterocycles. The van der Waals surface area contributed by atoms with Crippen LogP contribution in [0.15, 0.2) is 35.3 Å². The highest BCUT2D eigenvalue weighted by molar-refractivity contribution is 5.86. The summed E-state index contributed by atoms with van der Waals surface area (Å²) in [5.41, 5.74) is 1.17. The lowest BCUT2D eigenvalue weighted by molar-refractivity contribution is -0.127. The number of aliphatic imine (C=N–C) groups is 1. The highest BCUT2D eigenvalue weighted by Gasteiger charge is 2.20. The van der Waals surface area contributed by atoms with Gasteiger partial charge < -0.3 is 15.1 Å². The highest BCUT2D eigenvalue weighted by Crippen LogP contribution is 2.07. The molecule has 2 rings (SSSR count). The summed E-state index contributed by atoms with van der Waals surface area (Å²) in [5, 5.41) is 3.26. The number of likely N-dealkylation sites (N-methyl/N-ethyl adjacent to an activating group) is 1. The summed E-state index contributed by atoms with van der Waals surface area (Å²) in [7, 11) is 3.55. The summed E-state index contributed by atoms with van der Waals surface area (Å²) >= 11 is 0. The van der Waals surface area contributed by atoms with Gasteiger partial charge >= 0.3 is 0 Å². The lowest BCUT2D eigenvalue weighted by atomic mass is 10.2. The van der Waals surface area contributed by atoms with E-state index in [0.717, 1.165) is 38.7 Å². The van der Waals surface area contributed by atoms with E-state index in [0.29, 0.717) is 12.5 Å². The molecule has 0 aliphatic carbocycles. The number of nitrogens with zero attached hydrogens (tertiary/aromatic N) is 4. The van der Waals surface area contributed by atoms with E-state index in [-0.39, 0.29) is 12.5 Å². The number of guanidine groups is 1. The van der Waals surface area contributed by atoms with Crippen molar-refractivity contribution in [2.45, 2.75) is 20.4 Å². The third-order valence-corrected chi connectivity index (χ3v) is 4.45. The topological polar surface area (TPSA) is 51.2 Å². The van der Waals surface area contributed by atoms with Crippen LogP contribution in [0.2, 0.25) is 0 Å². The number of rotatable bonds is 6. The van der Waals surface area contributed by atoms with Gasteiger partial charge in [-0.05, 0) is 11.5 Å². The first-order valence-corrected chi connectivity index (χ1v) is 9.45. The van der Waals surface area contributed by atoms with Gasteiger partial charge in [-0.15, -0.1) is 0 Å². The molecule has 1 aromatic rings. The number of piperazine rings is 1. The van der Waals surface area contributed by atoms with Gasteiger partial charge in [-0.1, -0.05) is 44.2 Å². The van der Waals surface area contributed by atoms with E-state index in [9.17, 15) is 4.79 Å². The van der Waals surface area contributed by atoms with E-state index in [1.807, 2.05) is 18.2 Å². The van der Waals surface area contributed by atoms with Crippen molar-refractivity contribution in [3.8, 4) is 0 Å². The SMILES string of the molecule is CC(C)CN1CCN(C(=NCc2ccccc2)NCC(=O)N(C)C)CC1. The Kier molecular flexibility index (Phi) is 7.91. The predicted molar refractivity (Wildman–Crippen MR) is 107 cm³/mol. The zero-order valence-electron chi connectivity index (χ0n) is 16.6. The van der Waals surface area contributed by atoms with Crippen molar-refractivity contribution in [1.29, 1.82) is 0 Å². The van der Waals surface area contributed by atoms with Crippen molar-refractivity contribution >= 4 is 11.9 Å². The molecule has 0 spiro atoms. The van der Waals surface area contributed by atoms with Crippen molar-refractivity contribution in [2.24, 2.45) is 10.9 Å². The number of carbonyl (C=O) groups is 1. The summed E-state index contributed by atoms with van der Waals surface area (Å²) < 4.78 is 0. The van der Waals surface area contributed by atoms with Gasteiger partial charge in [0.25, 0.3) is 0 Å². The Hall–Kier alpha value is -2.08. The van der Waals surface area contributed by atoms with Crippen molar-refractivity contribution in [2.75, 3.05) is 53.4 Å². The van der Waals surface area contributed by atoms with E-state index in [1.54, 1.807) is 19.0 Å². The molecule has 1 amide bonds. The molecular formula is C20H33N5O. The van der Waals surface area contributed by atoms with Crippen molar-refractivity contribution in [3.63, 3.8) is 0 Å². The minimum atomic E-state index is 0.0517. The molecule has 6 nitrogen and oxygen atoms in total. The summed E-state index contributed by atoms with van der Waals surface area (Å²) in [5.74, 6) is 1.56. The molecule has 0 saturated carbocycles. The van der Waals surface area contributed by atoms with E-state index in [2.05, 4.69) is 41.1 Å². The minimum Gasteiger partial charge on any atom is -0.347 e. The number of hydrogen-bond acceptors (Lipinski definition) is 3. The maximum Gasteiger partial charge on any atom is 0.241 e. The van der Waals surface area contributed by atoms with Gasteiger partial charge in [-0.3, -0.25) is 9.69 Å². The molecule has 1 fully saturated rings. The maximum absolute atomic E-state index is 12.0. The number of carbonyl (C=O) groups excluding carboxylic acids is 1. The Morgan fingerprint density at radius 1 is 1.15 bits per heavy atom. The summed E-state index contributed by atoms with van der Waals surface area (Å²) in [6.45, 7) is 10.5. The van der Waals surface area contributed by atoms with Crippen LogP contribution in [-0.4, -0.2) is 79.9 Å². The molecule has 0 aromatic heterocycles. The van der Waals surface area contributed by atoms with Crippen molar-refractivity contribution < 1.29 is 4.79 Å². The molecule has 6 heteroatoms. The molecular weight excluding hydrogens is 326 g/mol. The summed E-state index contributed by atoms with van der Waals surface area (Å²) in [6, 6.07) is 10.2. The normalized spacial score (nSPS) is 16.0. The Bertz CT molecular complexity index is 577. The zero-order chi connectivity index (χ0) is 18.9. The van der Waals surface area contributed by atoms with Gasteiger partial charge in [0.2, 0.25) is 5.91 Å². The average molecular weight is 360 g/mol. The van der Waals surface area contributed by atoms with Crippen LogP contribution in [0.4, 0.5) is 0 Å². The van der Waals surface area contributed by atoms with Crippen molar-refractivity contribution in [3.05, 3.63) is 35.9 Å². The third-order valence-electron chi connectivity index (χ3n) is 4.45. The molecule has 0 radical (unpaired) electrons. The summed E-state index contributed by atoms with van der Waals surface area (Å²) in [6.07, 6.45) is 0. The minimum absolute atomic E-state index is 0.0517. The molecule has 1 aliphatic rings. The molecule has 0 unspecified atom stereocenters. The molecule has 1 heterocycles. The number of hydrogen-bond donors (Lipinski definition) is 1. The number of benzene rings is 1. The lowest BCUT2D eigenvalue weighted by Crippen LogP contribution is -2.54. The Labute approximate surface area is 157 Å². The molecule has 1 N–H and O–H groups in total. The van der Waals surface area contributed by atoms with E-state index in [4.69, 9.17) is 4.99 Å². The molecule has 26 heavy (non-hydrogen) atoms. The van der Waals surface area contributed by atoms with Gasteiger partial charge in [0.15, 0.2) is 5.96 Å². The fourth-order valence-electron chi connectivity index (χ4n) is 2.99. The fraction of sp³-hybridized carbons (Fsp3) is 0.600. The average Bonchev–Trinajstić information content (AvgIpc) is 2.62. The van der Waals surface area contributed by atoms with Gasteiger partial charge in [-0.2, -0.15) is 0 Å². The number of amides is 1. The Morgan fingerprint density at radius 3 is 2.38 bits per heavy atom. The van der Waals surface area contributed by atoms with Crippen LogP contribution in [0.3, 0.4) is 0 Å². The van der Waals surface area contributed by atoms with Gasteiger partial charge in [-0.25, -0.2) is 4.99 Å². The smallest absolute Gasteiger partial charge is 0.241 e. The van der Waals surface area contributed by atoms with Crippen LogP contribution in [0.1, 0.15) is 19.4 Å². The number of nitrogens with one attached hydrogen (secondary N) is 1. The Balaban J connectivity index is 1.99. The van der Waals surface area contributed by atoms with Gasteiger partial charge in [0.05, 0.1) is 13.1 Å². The van der Waals surface area contributed by atoms with E-state index in [1.165, 1.54) is 5.56 Å². The van der Waals surface area contributed by atoms with E-state index < -0.39 is 0 Å². The second kappa shape index (κ2) is 10.2. The first-order valence-electron chi connectivity index (χ1n) is 9.45. The maximum atomic E-state index is 12.0. The first-order chi connectivity index (χ1) is 12.5. The largest absolute Gasteiger partial charge is 0.347 e. The quantitative estimate of drug-likeness (QED) is 0.618. The van der Waals surface area contributed by atoms with Crippen molar-refractivity contribution in [1.82, 2.24) is 20.0 Å². The second-order valence-electron chi connectivity index (χ2n) is 7.45. The highest BCUT2D eigenvalue weighted by atomic mass is 16.2. The summed E-state index contributed by atoms with van der Waals surface area (Å²) in [4.78, 5) is 23.1. The van der Waals surface area contributed by atoms with Crippen LogP contribution < -0.4 is 5.32 Å². The van der Waals surface area contributed by atoms with Gasteiger partial charge in [0.1, 0.15) is 0 Å². The van der Waals surface area contributed by atoms with Crippen LogP contribution in [0.5, 0.6) is 0 Å². The van der Waals surface area contributed by atoms with E-state index >= 15 is 0 Å². The Morgan fingerprint density at radius 2 is 1.81 bits per heavy atom.